The van der Waals surface area contributed by atoms with Crippen molar-refractivity contribution < 1.29 is 14.5 Å². The van der Waals surface area contributed by atoms with Crippen LogP contribution in [0.1, 0.15) is 6.42 Å². The maximum absolute atomic E-state index is 11.8. The van der Waals surface area contributed by atoms with Crippen LogP contribution < -0.4 is 9.64 Å². The van der Waals surface area contributed by atoms with E-state index in [0.29, 0.717) is 5.69 Å². The van der Waals surface area contributed by atoms with Gasteiger partial charge in [0.05, 0.1) is 35.8 Å². The molecule has 1 atom stereocenters. The van der Waals surface area contributed by atoms with E-state index in [-0.39, 0.29) is 36.2 Å². The van der Waals surface area contributed by atoms with Gasteiger partial charge in [0, 0.05) is 19.0 Å². The number of nitriles is 1. The molecule has 1 aromatic carbocycles. The molecule has 0 bridgehead atoms. The molecular formula is C12H11N3O4. The van der Waals surface area contributed by atoms with Crippen molar-refractivity contribution in [2.75, 3.05) is 18.6 Å². The molecular weight excluding hydrogens is 250 g/mol. The Kier molecular flexibility index (Phi) is 3.33. The second kappa shape index (κ2) is 4.94. The molecule has 1 aromatic rings. The van der Waals surface area contributed by atoms with Gasteiger partial charge in [-0.25, -0.2) is 0 Å². The summed E-state index contributed by atoms with van der Waals surface area (Å²) in [4.78, 5) is 23.4. The van der Waals surface area contributed by atoms with Gasteiger partial charge >= 0.3 is 0 Å². The fourth-order valence-corrected chi connectivity index (χ4v) is 2.03. The largest absolute Gasteiger partial charge is 0.494 e. The molecule has 0 spiro atoms. The van der Waals surface area contributed by atoms with Crippen LogP contribution >= 0.6 is 0 Å². The minimum atomic E-state index is -0.532. The number of hydrogen-bond donors (Lipinski definition) is 0. The number of rotatable bonds is 3. The number of carbonyl (C=O) groups excluding carboxylic acids is 1. The monoisotopic (exact) mass is 261 g/mol. The van der Waals surface area contributed by atoms with Gasteiger partial charge in [0.1, 0.15) is 5.75 Å². The van der Waals surface area contributed by atoms with Crippen LogP contribution in [0, 0.1) is 27.4 Å². The summed E-state index contributed by atoms with van der Waals surface area (Å²) < 4.78 is 5.08. The highest BCUT2D eigenvalue weighted by Crippen LogP contribution is 2.35. The minimum absolute atomic E-state index is 0.107. The highest BCUT2D eigenvalue weighted by atomic mass is 16.6. The Labute approximate surface area is 109 Å². The van der Waals surface area contributed by atoms with Crippen LogP contribution in [0.5, 0.6) is 5.75 Å². The Morgan fingerprint density at radius 3 is 2.84 bits per heavy atom. The number of anilines is 1. The molecule has 0 saturated carbocycles. The van der Waals surface area contributed by atoms with E-state index < -0.39 is 4.92 Å². The lowest BCUT2D eigenvalue weighted by atomic mass is 10.1. The van der Waals surface area contributed by atoms with Crippen LogP contribution in [0.25, 0.3) is 0 Å². The summed E-state index contributed by atoms with van der Waals surface area (Å²) in [7, 11) is 1.38. The van der Waals surface area contributed by atoms with Gasteiger partial charge in [0.25, 0.3) is 5.69 Å². The van der Waals surface area contributed by atoms with E-state index in [1.165, 1.54) is 30.2 Å². The summed E-state index contributed by atoms with van der Waals surface area (Å²) in [5, 5.41) is 19.5. The van der Waals surface area contributed by atoms with Gasteiger partial charge in [0.15, 0.2) is 0 Å². The first-order chi connectivity index (χ1) is 9.06. The lowest BCUT2D eigenvalue weighted by Gasteiger charge is -2.18. The zero-order chi connectivity index (χ0) is 14.0. The lowest BCUT2D eigenvalue weighted by Crippen LogP contribution is -2.24. The predicted molar refractivity (Wildman–Crippen MR) is 65.7 cm³/mol. The highest BCUT2D eigenvalue weighted by Gasteiger charge is 2.32. The van der Waals surface area contributed by atoms with Crippen LogP contribution in [-0.2, 0) is 4.79 Å². The number of nitro benzene ring substituents is 1. The molecule has 1 fully saturated rings. The molecule has 0 aromatic heterocycles. The van der Waals surface area contributed by atoms with Gasteiger partial charge in [-0.3, -0.25) is 14.9 Å². The zero-order valence-corrected chi connectivity index (χ0v) is 10.2. The number of nitro groups is 1. The Morgan fingerprint density at radius 2 is 2.32 bits per heavy atom. The SMILES string of the molecule is COc1cc([N+](=O)[O-])ccc1N1CC(C#N)CC1=O. The van der Waals surface area contributed by atoms with Gasteiger partial charge in [-0.05, 0) is 6.07 Å². The van der Waals surface area contributed by atoms with Gasteiger partial charge in [0.2, 0.25) is 5.91 Å². The molecule has 7 heteroatoms. The Bertz CT molecular complexity index is 579. The molecule has 98 valence electrons. The summed E-state index contributed by atoms with van der Waals surface area (Å²) in [5.74, 6) is -0.285. The first-order valence-electron chi connectivity index (χ1n) is 5.59. The molecule has 0 aliphatic carbocycles. The van der Waals surface area contributed by atoms with Crippen molar-refractivity contribution in [3.8, 4) is 11.8 Å². The van der Waals surface area contributed by atoms with Gasteiger partial charge in [-0.1, -0.05) is 0 Å². The molecule has 1 unspecified atom stereocenters. The van der Waals surface area contributed by atoms with E-state index in [2.05, 4.69) is 0 Å². The number of nitrogens with zero attached hydrogens (tertiary/aromatic N) is 3. The maximum atomic E-state index is 11.8. The maximum Gasteiger partial charge on any atom is 0.273 e. The molecule has 1 aliphatic heterocycles. The van der Waals surface area contributed by atoms with Crippen LogP contribution in [0.3, 0.4) is 0 Å². The van der Waals surface area contributed by atoms with Crippen molar-refractivity contribution in [3.05, 3.63) is 28.3 Å². The second-order valence-electron chi connectivity index (χ2n) is 4.15. The number of carbonyl (C=O) groups is 1. The van der Waals surface area contributed by atoms with Crippen LogP contribution in [0.4, 0.5) is 11.4 Å². The average Bonchev–Trinajstić information content (AvgIpc) is 2.79. The van der Waals surface area contributed by atoms with E-state index in [1.54, 1.807) is 0 Å². The van der Waals surface area contributed by atoms with Crippen LogP contribution in [0.2, 0.25) is 0 Å². The third-order valence-electron chi connectivity index (χ3n) is 2.97. The van der Waals surface area contributed by atoms with Gasteiger partial charge < -0.3 is 9.64 Å². The van der Waals surface area contributed by atoms with Crippen molar-refractivity contribution in [2.24, 2.45) is 5.92 Å². The fraction of sp³-hybridized carbons (Fsp3) is 0.333. The van der Waals surface area contributed by atoms with E-state index in [0.717, 1.165) is 0 Å². The summed E-state index contributed by atoms with van der Waals surface area (Å²) >= 11 is 0. The van der Waals surface area contributed by atoms with Crippen LogP contribution in [0.15, 0.2) is 18.2 Å². The molecule has 1 heterocycles. The number of non-ortho nitro benzene ring substituents is 1. The number of amides is 1. The molecule has 7 nitrogen and oxygen atoms in total. The van der Waals surface area contributed by atoms with E-state index in [4.69, 9.17) is 10.00 Å². The quantitative estimate of drug-likeness (QED) is 0.606. The summed E-state index contributed by atoms with van der Waals surface area (Å²) in [6.07, 6.45) is 0.163. The number of hydrogen-bond acceptors (Lipinski definition) is 5. The van der Waals surface area contributed by atoms with Crippen molar-refractivity contribution in [3.63, 3.8) is 0 Å². The van der Waals surface area contributed by atoms with Crippen molar-refractivity contribution >= 4 is 17.3 Å². The third kappa shape index (κ3) is 2.33. The van der Waals surface area contributed by atoms with E-state index in [9.17, 15) is 14.9 Å². The average molecular weight is 261 g/mol. The first-order valence-corrected chi connectivity index (χ1v) is 5.59. The molecule has 0 N–H and O–H groups in total. The topological polar surface area (TPSA) is 96.5 Å². The standard InChI is InChI=1S/C12H11N3O4/c1-19-11-5-9(15(17)18)2-3-10(11)14-7-8(6-13)4-12(14)16/h2-3,5,8H,4,7H2,1H3. The van der Waals surface area contributed by atoms with Crippen molar-refractivity contribution in [1.29, 1.82) is 5.26 Å². The summed E-state index contributed by atoms with van der Waals surface area (Å²) in [6, 6.07) is 6.09. The Morgan fingerprint density at radius 1 is 1.58 bits per heavy atom. The third-order valence-corrected chi connectivity index (χ3v) is 2.97. The smallest absolute Gasteiger partial charge is 0.273 e. The Hall–Kier alpha value is -2.62. The Balaban J connectivity index is 2.38. The number of methoxy groups -OCH3 is 1. The fourth-order valence-electron chi connectivity index (χ4n) is 2.03. The van der Waals surface area contributed by atoms with Gasteiger partial charge in [-0.2, -0.15) is 5.26 Å². The number of ether oxygens (including phenoxy) is 1. The first kappa shape index (κ1) is 12.8. The van der Waals surface area contributed by atoms with Gasteiger partial charge in [-0.15, -0.1) is 0 Å². The van der Waals surface area contributed by atoms with Crippen LogP contribution in [-0.4, -0.2) is 24.5 Å². The molecule has 1 saturated heterocycles. The minimum Gasteiger partial charge on any atom is -0.494 e. The normalized spacial score (nSPS) is 18.2. The highest BCUT2D eigenvalue weighted by molar-refractivity contribution is 5.97. The summed E-state index contributed by atoms with van der Waals surface area (Å²) in [5.41, 5.74) is 0.347. The second-order valence-corrected chi connectivity index (χ2v) is 4.15. The molecule has 2 rings (SSSR count). The molecule has 19 heavy (non-hydrogen) atoms. The molecule has 1 amide bonds. The van der Waals surface area contributed by atoms with Crippen molar-refractivity contribution in [2.45, 2.75) is 6.42 Å². The number of benzene rings is 1. The van der Waals surface area contributed by atoms with E-state index >= 15 is 0 Å². The molecule has 1 aliphatic rings. The summed E-state index contributed by atoms with van der Waals surface area (Å²) in [6.45, 7) is 0.281. The predicted octanol–water partition coefficient (Wildman–Crippen LogP) is 1.48. The zero-order valence-electron chi connectivity index (χ0n) is 10.2. The van der Waals surface area contributed by atoms with E-state index in [1.807, 2.05) is 6.07 Å². The molecule has 0 radical (unpaired) electrons. The van der Waals surface area contributed by atoms with Crippen molar-refractivity contribution in [1.82, 2.24) is 0 Å². The lowest BCUT2D eigenvalue weighted by molar-refractivity contribution is -0.384.